The molecule has 1 aromatic rings. The number of nitro benzene ring substituents is 1. The van der Waals surface area contributed by atoms with Gasteiger partial charge in [-0.3, -0.25) is 14.9 Å². The monoisotopic (exact) mass is 299 g/mol. The second-order valence-corrected chi connectivity index (χ2v) is 5.68. The van der Waals surface area contributed by atoms with Crippen LogP contribution < -0.4 is 5.73 Å². The third-order valence-corrected chi connectivity index (χ3v) is 4.40. The first-order chi connectivity index (χ1) is 9.43. The van der Waals surface area contributed by atoms with E-state index >= 15 is 0 Å². The lowest BCUT2D eigenvalue weighted by Crippen LogP contribution is -2.45. The van der Waals surface area contributed by atoms with Crippen LogP contribution in [0.1, 0.15) is 17.3 Å². The fraction of sp³-hybridized carbons (Fsp3) is 0.417. The Morgan fingerprint density at radius 3 is 2.90 bits per heavy atom. The first-order valence-corrected chi connectivity index (χ1v) is 7.20. The summed E-state index contributed by atoms with van der Waals surface area (Å²) in [6.07, 6.45) is 0. The number of carbonyl (C=O) groups is 1. The van der Waals surface area contributed by atoms with Crippen molar-refractivity contribution in [1.82, 2.24) is 4.90 Å². The molecule has 0 aliphatic carbocycles. The molecule has 8 heteroatoms. The van der Waals surface area contributed by atoms with Gasteiger partial charge in [0.25, 0.3) is 11.6 Å². The van der Waals surface area contributed by atoms with Crippen LogP contribution in [0.15, 0.2) is 12.1 Å². The Balaban J connectivity index is 2.43. The molecular formula is C12H14FN3O3S. The molecule has 1 fully saturated rings. The quantitative estimate of drug-likeness (QED) is 0.512. The summed E-state index contributed by atoms with van der Waals surface area (Å²) in [7, 11) is 0. The van der Waals surface area contributed by atoms with Crippen molar-refractivity contribution < 1.29 is 14.1 Å². The molecule has 0 aromatic heterocycles. The maximum absolute atomic E-state index is 13.9. The molecule has 1 unspecified atom stereocenters. The molecule has 1 aliphatic rings. The number of nitrogens with two attached hydrogens (primary N) is 1. The fourth-order valence-corrected chi connectivity index (χ4v) is 3.14. The van der Waals surface area contributed by atoms with Crippen LogP contribution in [-0.2, 0) is 0 Å². The van der Waals surface area contributed by atoms with Gasteiger partial charge >= 0.3 is 0 Å². The van der Waals surface area contributed by atoms with Crippen LogP contribution in [0.25, 0.3) is 0 Å². The highest BCUT2D eigenvalue weighted by Gasteiger charge is 2.30. The number of benzene rings is 1. The van der Waals surface area contributed by atoms with Crippen molar-refractivity contribution in [3.05, 3.63) is 33.6 Å². The van der Waals surface area contributed by atoms with Crippen LogP contribution in [0, 0.1) is 15.9 Å². The van der Waals surface area contributed by atoms with Crippen LogP contribution in [0.4, 0.5) is 15.8 Å². The summed E-state index contributed by atoms with van der Waals surface area (Å²) in [4.78, 5) is 24.0. The molecule has 0 saturated carbocycles. The van der Waals surface area contributed by atoms with Crippen molar-refractivity contribution in [2.45, 2.75) is 13.0 Å². The number of hydrogen-bond donors (Lipinski definition) is 1. The zero-order chi connectivity index (χ0) is 14.9. The number of nitro groups is 1. The minimum Gasteiger partial charge on any atom is -0.392 e. The van der Waals surface area contributed by atoms with Gasteiger partial charge in [-0.1, -0.05) is 0 Å². The average molecular weight is 299 g/mol. The first-order valence-electron chi connectivity index (χ1n) is 6.04. The van der Waals surface area contributed by atoms with E-state index in [1.54, 1.807) is 11.8 Å². The van der Waals surface area contributed by atoms with Crippen LogP contribution >= 0.6 is 11.8 Å². The summed E-state index contributed by atoms with van der Waals surface area (Å²) < 4.78 is 13.9. The molecule has 1 aromatic carbocycles. The summed E-state index contributed by atoms with van der Waals surface area (Å²) in [6.45, 7) is 2.34. The van der Waals surface area contributed by atoms with Crippen molar-refractivity contribution in [3.63, 3.8) is 0 Å². The van der Waals surface area contributed by atoms with Gasteiger partial charge in [-0.15, -0.1) is 0 Å². The lowest BCUT2D eigenvalue weighted by atomic mass is 10.1. The normalized spacial score (nSPS) is 18.9. The van der Waals surface area contributed by atoms with Gasteiger partial charge in [0.2, 0.25) is 0 Å². The highest BCUT2D eigenvalue weighted by molar-refractivity contribution is 7.99. The predicted octanol–water partition coefficient (Wildman–Crippen LogP) is 1.89. The fourth-order valence-electron chi connectivity index (χ4n) is 2.13. The number of thioether (sulfide) groups is 1. The Morgan fingerprint density at radius 2 is 2.30 bits per heavy atom. The van der Waals surface area contributed by atoms with Crippen molar-refractivity contribution in [2.75, 3.05) is 23.8 Å². The molecule has 1 saturated heterocycles. The van der Waals surface area contributed by atoms with Crippen LogP contribution in [0.2, 0.25) is 0 Å². The maximum Gasteiger partial charge on any atom is 0.293 e. The molecule has 108 valence electrons. The second-order valence-electron chi connectivity index (χ2n) is 4.53. The Kier molecular flexibility index (Phi) is 4.12. The molecule has 0 radical (unpaired) electrons. The van der Waals surface area contributed by atoms with E-state index in [1.165, 1.54) is 4.90 Å². The van der Waals surface area contributed by atoms with E-state index in [1.807, 2.05) is 6.92 Å². The molecule has 1 atom stereocenters. The number of carbonyl (C=O) groups excluding carboxylic acids is 1. The Morgan fingerprint density at radius 1 is 1.60 bits per heavy atom. The molecule has 0 bridgehead atoms. The minimum absolute atomic E-state index is 0.0562. The Labute approximate surface area is 119 Å². The number of anilines is 1. The molecule has 1 amide bonds. The summed E-state index contributed by atoms with van der Waals surface area (Å²) in [5.41, 5.74) is 4.34. The molecule has 6 nitrogen and oxygen atoms in total. The van der Waals surface area contributed by atoms with Crippen molar-refractivity contribution in [1.29, 1.82) is 0 Å². The summed E-state index contributed by atoms with van der Waals surface area (Å²) in [5, 5.41) is 10.8. The van der Waals surface area contributed by atoms with E-state index in [-0.39, 0.29) is 6.04 Å². The van der Waals surface area contributed by atoms with Gasteiger partial charge in [-0.05, 0) is 13.0 Å². The van der Waals surface area contributed by atoms with Crippen LogP contribution in [0.3, 0.4) is 0 Å². The minimum atomic E-state index is -0.830. The van der Waals surface area contributed by atoms with E-state index < -0.39 is 33.6 Å². The number of rotatable bonds is 2. The summed E-state index contributed by atoms with van der Waals surface area (Å²) in [6, 6.07) is 1.82. The highest BCUT2D eigenvalue weighted by atomic mass is 32.2. The van der Waals surface area contributed by atoms with Gasteiger partial charge in [0.1, 0.15) is 17.1 Å². The highest BCUT2D eigenvalue weighted by Crippen LogP contribution is 2.30. The van der Waals surface area contributed by atoms with Gasteiger partial charge in [-0.2, -0.15) is 11.8 Å². The van der Waals surface area contributed by atoms with Gasteiger partial charge in [0, 0.05) is 30.2 Å². The topological polar surface area (TPSA) is 89.5 Å². The second kappa shape index (κ2) is 5.66. The zero-order valence-corrected chi connectivity index (χ0v) is 11.7. The Bertz CT molecular complexity index is 567. The molecule has 1 aliphatic heterocycles. The van der Waals surface area contributed by atoms with Crippen LogP contribution in [0.5, 0.6) is 0 Å². The SMILES string of the molecule is CC1CSCCN1C(=O)c1c(F)ccc([N+](=O)[O-])c1N. The van der Waals surface area contributed by atoms with Gasteiger partial charge < -0.3 is 10.6 Å². The molecule has 2 N–H and O–H groups in total. The Hall–Kier alpha value is -1.83. The van der Waals surface area contributed by atoms with Crippen LogP contribution in [-0.4, -0.2) is 39.8 Å². The van der Waals surface area contributed by atoms with E-state index in [0.29, 0.717) is 6.54 Å². The molecular weight excluding hydrogens is 285 g/mol. The molecule has 20 heavy (non-hydrogen) atoms. The molecule has 0 spiro atoms. The molecule has 2 rings (SSSR count). The first kappa shape index (κ1) is 14.6. The third-order valence-electron chi connectivity index (χ3n) is 3.21. The number of hydrogen-bond acceptors (Lipinski definition) is 5. The van der Waals surface area contributed by atoms with E-state index in [2.05, 4.69) is 0 Å². The number of halogens is 1. The predicted molar refractivity (Wildman–Crippen MR) is 75.3 cm³/mol. The maximum atomic E-state index is 13.9. The van der Waals surface area contributed by atoms with E-state index in [9.17, 15) is 19.3 Å². The zero-order valence-electron chi connectivity index (χ0n) is 10.8. The average Bonchev–Trinajstić information content (AvgIpc) is 2.38. The standard InChI is InChI=1S/C12H14FN3O3S/c1-7-6-20-5-4-15(7)12(17)10-8(13)2-3-9(11(10)14)16(18)19/h2-3,7H,4-6,14H2,1H3. The molecule has 1 heterocycles. The smallest absolute Gasteiger partial charge is 0.293 e. The summed E-state index contributed by atoms with van der Waals surface area (Å²) in [5.74, 6) is 0.0920. The third kappa shape index (κ3) is 2.55. The lowest BCUT2D eigenvalue weighted by molar-refractivity contribution is -0.384. The van der Waals surface area contributed by atoms with Gasteiger partial charge in [0.05, 0.1) is 4.92 Å². The van der Waals surface area contributed by atoms with Crippen molar-refractivity contribution in [2.24, 2.45) is 0 Å². The van der Waals surface area contributed by atoms with Crippen molar-refractivity contribution >= 4 is 29.0 Å². The number of nitrogens with zero attached hydrogens (tertiary/aromatic N) is 2. The van der Waals surface area contributed by atoms with E-state index in [0.717, 1.165) is 23.6 Å². The van der Waals surface area contributed by atoms with Gasteiger partial charge in [0.15, 0.2) is 0 Å². The lowest BCUT2D eigenvalue weighted by Gasteiger charge is -2.33. The number of amides is 1. The van der Waals surface area contributed by atoms with Gasteiger partial charge in [-0.25, -0.2) is 4.39 Å². The van der Waals surface area contributed by atoms with Crippen molar-refractivity contribution in [3.8, 4) is 0 Å². The number of nitrogen functional groups attached to an aromatic ring is 1. The van der Waals surface area contributed by atoms with E-state index in [4.69, 9.17) is 5.73 Å². The largest absolute Gasteiger partial charge is 0.392 e. The summed E-state index contributed by atoms with van der Waals surface area (Å²) >= 11 is 1.71.